The van der Waals surface area contributed by atoms with Crippen LogP contribution in [0.15, 0.2) is 24.3 Å². The zero-order valence-corrected chi connectivity index (χ0v) is 9.42. The lowest BCUT2D eigenvalue weighted by molar-refractivity contribution is -0.162. The van der Waals surface area contributed by atoms with E-state index in [2.05, 4.69) is 0 Å². The average Bonchev–Trinajstić information content (AvgIpc) is 2.33. The van der Waals surface area contributed by atoms with Crippen LogP contribution in [-0.4, -0.2) is 35.0 Å². The first-order valence-electron chi connectivity index (χ1n) is 5.27. The number of carboxylic acid groups (broad SMARTS) is 1. The van der Waals surface area contributed by atoms with Crippen molar-refractivity contribution in [2.45, 2.75) is 19.0 Å². The molecule has 0 saturated carbocycles. The third-order valence-electron chi connectivity index (χ3n) is 2.86. The van der Waals surface area contributed by atoms with Crippen molar-refractivity contribution in [2.24, 2.45) is 0 Å². The Bertz CT molecular complexity index is 440. The average molecular weight is 235 g/mol. The van der Waals surface area contributed by atoms with Gasteiger partial charge >= 0.3 is 5.97 Å². The number of β-lactam (4-membered cyclic amide) rings is 1. The monoisotopic (exact) mass is 235 g/mol. The maximum Gasteiger partial charge on any atom is 0.326 e. The fourth-order valence-corrected chi connectivity index (χ4v) is 1.80. The Morgan fingerprint density at radius 2 is 2.12 bits per heavy atom. The molecule has 1 fully saturated rings. The van der Waals surface area contributed by atoms with Gasteiger partial charge in [-0.15, -0.1) is 0 Å². The molecule has 2 rings (SSSR count). The Hall–Kier alpha value is -2.04. The van der Waals surface area contributed by atoms with Crippen molar-refractivity contribution in [3.63, 3.8) is 0 Å². The minimum atomic E-state index is -0.946. The van der Waals surface area contributed by atoms with Crippen LogP contribution >= 0.6 is 0 Å². The second kappa shape index (κ2) is 4.45. The number of carbonyl (C=O) groups excluding carboxylic acids is 1. The van der Waals surface area contributed by atoms with Gasteiger partial charge in [0, 0.05) is 6.54 Å². The predicted octanol–water partition coefficient (Wildman–Crippen LogP) is 0.881. The molecule has 90 valence electrons. The molecule has 5 nitrogen and oxygen atoms in total. The quantitative estimate of drug-likeness (QED) is 0.787. The second-order valence-electron chi connectivity index (χ2n) is 3.93. The van der Waals surface area contributed by atoms with Crippen LogP contribution in [0.4, 0.5) is 0 Å². The summed E-state index contributed by atoms with van der Waals surface area (Å²) in [7, 11) is 1.58. The molecule has 0 radical (unpaired) electrons. The van der Waals surface area contributed by atoms with Crippen LogP contribution in [0.1, 0.15) is 12.0 Å². The molecule has 1 atom stereocenters. The van der Waals surface area contributed by atoms with Gasteiger partial charge in [0.2, 0.25) is 5.91 Å². The topological polar surface area (TPSA) is 66.8 Å². The van der Waals surface area contributed by atoms with Crippen molar-refractivity contribution in [3.8, 4) is 5.75 Å². The van der Waals surface area contributed by atoms with Crippen LogP contribution in [0.25, 0.3) is 0 Å². The van der Waals surface area contributed by atoms with E-state index in [1.54, 1.807) is 19.2 Å². The summed E-state index contributed by atoms with van der Waals surface area (Å²) in [6.07, 6.45) is 0.103. The summed E-state index contributed by atoms with van der Waals surface area (Å²) >= 11 is 0. The van der Waals surface area contributed by atoms with Gasteiger partial charge in [-0.05, 0) is 17.7 Å². The van der Waals surface area contributed by atoms with E-state index >= 15 is 0 Å². The molecule has 0 aromatic heterocycles. The zero-order chi connectivity index (χ0) is 12.4. The summed E-state index contributed by atoms with van der Waals surface area (Å²) < 4.78 is 5.02. The number of carboxylic acids is 1. The smallest absolute Gasteiger partial charge is 0.326 e. The van der Waals surface area contributed by atoms with Crippen LogP contribution in [-0.2, 0) is 16.1 Å². The molecule has 1 aromatic carbocycles. The Labute approximate surface area is 98.6 Å². The van der Waals surface area contributed by atoms with E-state index in [1.165, 1.54) is 4.90 Å². The van der Waals surface area contributed by atoms with Gasteiger partial charge in [-0.25, -0.2) is 4.79 Å². The van der Waals surface area contributed by atoms with Crippen LogP contribution in [0.3, 0.4) is 0 Å². The summed E-state index contributed by atoms with van der Waals surface area (Å²) in [5.74, 6) is -0.329. The fraction of sp³-hybridized carbons (Fsp3) is 0.333. The number of amides is 1. The van der Waals surface area contributed by atoms with Crippen molar-refractivity contribution in [1.82, 2.24) is 4.90 Å². The molecule has 0 aliphatic carbocycles. The molecule has 0 unspecified atom stereocenters. The number of hydrogen-bond donors (Lipinski definition) is 1. The summed E-state index contributed by atoms with van der Waals surface area (Å²) in [5.41, 5.74) is 0.894. The first kappa shape index (κ1) is 11.4. The number of aliphatic carboxylic acids is 1. The van der Waals surface area contributed by atoms with Gasteiger partial charge in [-0.1, -0.05) is 12.1 Å². The predicted molar refractivity (Wildman–Crippen MR) is 59.6 cm³/mol. The highest BCUT2D eigenvalue weighted by molar-refractivity contribution is 5.94. The third kappa shape index (κ3) is 2.22. The zero-order valence-electron chi connectivity index (χ0n) is 9.42. The van der Waals surface area contributed by atoms with E-state index in [4.69, 9.17) is 9.84 Å². The minimum Gasteiger partial charge on any atom is -0.497 e. The maximum absolute atomic E-state index is 11.3. The Morgan fingerprint density at radius 1 is 1.47 bits per heavy atom. The van der Waals surface area contributed by atoms with Crippen molar-refractivity contribution >= 4 is 11.9 Å². The van der Waals surface area contributed by atoms with E-state index in [0.29, 0.717) is 6.54 Å². The van der Waals surface area contributed by atoms with Gasteiger partial charge in [0.05, 0.1) is 13.5 Å². The normalized spacial score (nSPS) is 18.8. The molecule has 1 heterocycles. The van der Waals surface area contributed by atoms with Gasteiger partial charge in [-0.3, -0.25) is 4.79 Å². The van der Waals surface area contributed by atoms with E-state index in [-0.39, 0.29) is 12.3 Å². The number of rotatable bonds is 4. The summed E-state index contributed by atoms with van der Waals surface area (Å²) in [6.45, 7) is 0.333. The molecule has 1 saturated heterocycles. The summed E-state index contributed by atoms with van der Waals surface area (Å²) in [6, 6.07) is 6.54. The van der Waals surface area contributed by atoms with Crippen molar-refractivity contribution in [3.05, 3.63) is 29.8 Å². The SMILES string of the molecule is COc1ccc(CN2C(=O)C[C@@H]2C(=O)O)cc1. The number of methoxy groups -OCH3 is 1. The van der Waals surface area contributed by atoms with Gasteiger partial charge in [0.1, 0.15) is 11.8 Å². The fourth-order valence-electron chi connectivity index (χ4n) is 1.80. The lowest BCUT2D eigenvalue weighted by Gasteiger charge is -2.37. The number of ether oxygens (including phenoxy) is 1. The molecule has 1 aliphatic rings. The molecule has 1 aliphatic heterocycles. The molecule has 0 spiro atoms. The second-order valence-corrected chi connectivity index (χ2v) is 3.93. The number of carbonyl (C=O) groups is 2. The van der Waals surface area contributed by atoms with Crippen LogP contribution < -0.4 is 4.74 Å². The lowest BCUT2D eigenvalue weighted by Crippen LogP contribution is -2.55. The third-order valence-corrected chi connectivity index (χ3v) is 2.86. The van der Waals surface area contributed by atoms with Crippen molar-refractivity contribution in [2.75, 3.05) is 7.11 Å². The van der Waals surface area contributed by atoms with Crippen LogP contribution in [0.5, 0.6) is 5.75 Å². The van der Waals surface area contributed by atoms with Gasteiger partial charge in [0.25, 0.3) is 0 Å². The Morgan fingerprint density at radius 3 is 2.59 bits per heavy atom. The largest absolute Gasteiger partial charge is 0.497 e. The van der Waals surface area contributed by atoms with Gasteiger partial charge in [0.15, 0.2) is 0 Å². The first-order chi connectivity index (χ1) is 8.11. The van der Waals surface area contributed by atoms with E-state index < -0.39 is 12.0 Å². The Kier molecular flexibility index (Phi) is 2.99. The van der Waals surface area contributed by atoms with E-state index in [0.717, 1.165) is 11.3 Å². The highest BCUT2D eigenvalue weighted by atomic mass is 16.5. The number of nitrogens with zero attached hydrogens (tertiary/aromatic N) is 1. The number of benzene rings is 1. The molecule has 1 N–H and O–H groups in total. The van der Waals surface area contributed by atoms with E-state index in [1.807, 2.05) is 12.1 Å². The van der Waals surface area contributed by atoms with Gasteiger partial charge < -0.3 is 14.7 Å². The molecule has 17 heavy (non-hydrogen) atoms. The lowest BCUT2D eigenvalue weighted by atomic mass is 10.0. The standard InChI is InChI=1S/C12H13NO4/c1-17-9-4-2-8(3-5-9)7-13-10(12(15)16)6-11(13)14/h2-5,10H,6-7H2,1H3,(H,15,16)/t10-/m1/s1. The maximum atomic E-state index is 11.3. The molecular weight excluding hydrogens is 222 g/mol. The molecule has 0 bridgehead atoms. The summed E-state index contributed by atoms with van der Waals surface area (Å²) in [5, 5.41) is 8.87. The highest BCUT2D eigenvalue weighted by Crippen LogP contribution is 2.23. The van der Waals surface area contributed by atoms with Gasteiger partial charge in [-0.2, -0.15) is 0 Å². The Balaban J connectivity index is 2.04. The van der Waals surface area contributed by atoms with Crippen molar-refractivity contribution < 1.29 is 19.4 Å². The van der Waals surface area contributed by atoms with E-state index in [9.17, 15) is 9.59 Å². The molecule has 1 amide bonds. The number of hydrogen-bond acceptors (Lipinski definition) is 3. The van der Waals surface area contributed by atoms with Crippen molar-refractivity contribution in [1.29, 1.82) is 0 Å². The minimum absolute atomic E-state index is 0.103. The molecule has 1 aromatic rings. The van der Waals surface area contributed by atoms with Crippen LogP contribution in [0.2, 0.25) is 0 Å². The molecular formula is C12H13NO4. The number of likely N-dealkylation sites (tertiary alicyclic amines) is 1. The van der Waals surface area contributed by atoms with Crippen LogP contribution in [0, 0.1) is 0 Å². The highest BCUT2D eigenvalue weighted by Gasteiger charge is 2.40. The summed E-state index contributed by atoms with van der Waals surface area (Å²) in [4.78, 5) is 23.5. The first-order valence-corrected chi connectivity index (χ1v) is 5.27. The molecule has 5 heteroatoms.